The lowest BCUT2D eigenvalue weighted by atomic mass is 10.2. The summed E-state index contributed by atoms with van der Waals surface area (Å²) in [4.78, 5) is 27.8. The minimum atomic E-state index is -0.675. The van der Waals surface area contributed by atoms with Crippen molar-refractivity contribution in [2.24, 2.45) is 4.99 Å². The number of benzene rings is 2. The number of fused-ring (bicyclic) bond motifs is 1. The van der Waals surface area contributed by atoms with Crippen molar-refractivity contribution in [2.45, 2.75) is 19.9 Å². The molecule has 128 valence electrons. The average Bonchev–Trinajstić information content (AvgIpc) is 2.92. The van der Waals surface area contributed by atoms with Crippen LogP contribution in [0.5, 0.6) is 0 Å². The molecule has 0 radical (unpaired) electrons. The molecule has 0 N–H and O–H groups in total. The molecule has 0 bridgehead atoms. The summed E-state index contributed by atoms with van der Waals surface area (Å²) < 4.78 is 2.96. The average molecular weight is 376 g/mol. The fourth-order valence-corrected chi connectivity index (χ4v) is 3.76. The van der Waals surface area contributed by atoms with Crippen LogP contribution in [-0.4, -0.2) is 15.4 Å². The van der Waals surface area contributed by atoms with Gasteiger partial charge in [-0.3, -0.25) is 14.9 Å². The van der Waals surface area contributed by atoms with Gasteiger partial charge < -0.3 is 4.57 Å². The van der Waals surface area contributed by atoms with Gasteiger partial charge in [-0.15, -0.1) is 0 Å². The molecular formula is C17H14ClN3O3S. The number of nitrogens with zero attached hydrogens (tertiary/aromatic N) is 3. The summed E-state index contributed by atoms with van der Waals surface area (Å²) in [6, 6.07) is 11.6. The van der Waals surface area contributed by atoms with Crippen molar-refractivity contribution in [3.8, 4) is 0 Å². The second-order valence-electron chi connectivity index (χ2n) is 5.34. The molecule has 0 saturated carbocycles. The maximum Gasteiger partial charge on any atom is 0.286 e. The van der Waals surface area contributed by atoms with Crippen LogP contribution in [0, 0.1) is 10.1 Å². The molecule has 8 heteroatoms. The minimum absolute atomic E-state index is 0.113. The summed E-state index contributed by atoms with van der Waals surface area (Å²) in [7, 11) is 0. The Balaban J connectivity index is 2.17. The molecule has 1 aromatic heterocycles. The highest BCUT2D eigenvalue weighted by Crippen LogP contribution is 2.24. The van der Waals surface area contributed by atoms with Crippen LogP contribution in [0.15, 0.2) is 47.5 Å². The van der Waals surface area contributed by atoms with E-state index in [-0.39, 0.29) is 16.3 Å². The number of halogens is 1. The number of nitro benzene ring substituents is 1. The second kappa shape index (κ2) is 7.16. The number of rotatable bonds is 4. The van der Waals surface area contributed by atoms with E-state index < -0.39 is 10.8 Å². The van der Waals surface area contributed by atoms with Gasteiger partial charge in [0.1, 0.15) is 5.56 Å². The van der Waals surface area contributed by atoms with Crippen LogP contribution >= 0.6 is 22.9 Å². The summed E-state index contributed by atoms with van der Waals surface area (Å²) in [6.07, 6.45) is 0.874. The Kier molecular flexibility index (Phi) is 4.96. The van der Waals surface area contributed by atoms with Gasteiger partial charge in [0.25, 0.3) is 11.6 Å². The third-order valence-corrected chi connectivity index (χ3v) is 4.91. The number of aryl methyl sites for hydroxylation is 1. The maximum atomic E-state index is 12.6. The lowest BCUT2D eigenvalue weighted by molar-refractivity contribution is -0.385. The first-order chi connectivity index (χ1) is 12.0. The van der Waals surface area contributed by atoms with E-state index in [1.807, 2.05) is 35.8 Å². The summed E-state index contributed by atoms with van der Waals surface area (Å²) in [6.45, 7) is 2.74. The van der Waals surface area contributed by atoms with Gasteiger partial charge in [-0.2, -0.15) is 4.99 Å². The zero-order valence-corrected chi connectivity index (χ0v) is 14.9. The summed E-state index contributed by atoms with van der Waals surface area (Å²) in [5.74, 6) is -0.675. The van der Waals surface area contributed by atoms with Gasteiger partial charge in [0.15, 0.2) is 4.80 Å². The molecule has 3 aromatic rings. The first-order valence-corrected chi connectivity index (χ1v) is 8.82. The van der Waals surface area contributed by atoms with Crippen LogP contribution in [-0.2, 0) is 6.54 Å². The Morgan fingerprint density at radius 3 is 2.80 bits per heavy atom. The van der Waals surface area contributed by atoms with E-state index in [0.717, 1.165) is 16.6 Å². The number of hydrogen-bond donors (Lipinski definition) is 0. The number of para-hydroxylation sites is 1. The van der Waals surface area contributed by atoms with E-state index in [0.29, 0.717) is 11.3 Å². The molecule has 0 atom stereocenters. The third-order valence-electron chi connectivity index (χ3n) is 3.62. The standard InChI is InChI=1S/C17H14ClN3O3S/c1-2-9-20-14-5-3-4-6-15(14)25-17(20)19-16(22)12-10-11(18)7-8-13(12)21(23)24/h3-8,10H,2,9H2,1H3. The lowest BCUT2D eigenvalue weighted by Crippen LogP contribution is -2.17. The predicted octanol–water partition coefficient (Wildman–Crippen LogP) is 4.42. The van der Waals surface area contributed by atoms with Gasteiger partial charge in [0.05, 0.1) is 15.1 Å². The number of hydrogen-bond acceptors (Lipinski definition) is 4. The number of carbonyl (C=O) groups excluding carboxylic acids is 1. The van der Waals surface area contributed by atoms with Crippen molar-refractivity contribution in [3.63, 3.8) is 0 Å². The number of aromatic nitrogens is 1. The van der Waals surface area contributed by atoms with Crippen molar-refractivity contribution in [2.75, 3.05) is 0 Å². The Hall–Kier alpha value is -2.51. The lowest BCUT2D eigenvalue weighted by Gasteiger charge is -2.02. The molecule has 0 fully saturated rings. The summed E-state index contributed by atoms with van der Waals surface area (Å²) >= 11 is 7.27. The topological polar surface area (TPSA) is 77.5 Å². The monoisotopic (exact) mass is 375 g/mol. The number of amides is 1. The van der Waals surface area contributed by atoms with Gasteiger partial charge in [-0.1, -0.05) is 42.0 Å². The predicted molar refractivity (Wildman–Crippen MR) is 98.1 cm³/mol. The molecule has 6 nitrogen and oxygen atoms in total. The summed E-state index contributed by atoms with van der Waals surface area (Å²) in [5, 5.41) is 11.4. The Labute approximate surface area is 152 Å². The van der Waals surface area contributed by atoms with E-state index in [9.17, 15) is 14.9 Å². The first kappa shape index (κ1) is 17.3. The molecule has 0 spiro atoms. The SMILES string of the molecule is CCCn1c(=NC(=O)c2cc(Cl)ccc2[N+](=O)[O-])sc2ccccc21. The van der Waals surface area contributed by atoms with Crippen LogP contribution < -0.4 is 4.80 Å². The van der Waals surface area contributed by atoms with Crippen LogP contribution in [0.25, 0.3) is 10.2 Å². The van der Waals surface area contributed by atoms with Gasteiger partial charge in [0.2, 0.25) is 0 Å². The maximum absolute atomic E-state index is 12.6. The molecule has 3 rings (SSSR count). The zero-order valence-electron chi connectivity index (χ0n) is 13.3. The van der Waals surface area contributed by atoms with Crippen molar-refractivity contribution in [1.29, 1.82) is 0 Å². The number of nitro groups is 1. The highest BCUT2D eigenvalue weighted by Gasteiger charge is 2.20. The largest absolute Gasteiger partial charge is 0.316 e. The summed E-state index contributed by atoms with van der Waals surface area (Å²) in [5.41, 5.74) is 0.570. The third kappa shape index (κ3) is 3.47. The molecule has 0 saturated heterocycles. The molecule has 0 aliphatic heterocycles. The van der Waals surface area contributed by atoms with E-state index in [2.05, 4.69) is 4.99 Å². The number of thiazole rings is 1. The highest BCUT2D eigenvalue weighted by molar-refractivity contribution is 7.16. The van der Waals surface area contributed by atoms with Crippen molar-refractivity contribution >= 4 is 44.7 Å². The van der Waals surface area contributed by atoms with E-state index in [1.54, 1.807) is 0 Å². The highest BCUT2D eigenvalue weighted by atomic mass is 35.5. The molecule has 25 heavy (non-hydrogen) atoms. The van der Waals surface area contributed by atoms with Crippen molar-refractivity contribution in [3.05, 3.63) is 68.0 Å². The van der Waals surface area contributed by atoms with Gasteiger partial charge in [-0.05, 0) is 30.7 Å². The second-order valence-corrected chi connectivity index (χ2v) is 6.79. The normalized spacial score (nSPS) is 11.8. The molecule has 0 unspecified atom stereocenters. The molecule has 0 aliphatic rings. The van der Waals surface area contributed by atoms with Crippen LogP contribution in [0.2, 0.25) is 5.02 Å². The number of carbonyl (C=O) groups is 1. The fourth-order valence-electron chi connectivity index (χ4n) is 2.53. The molecule has 2 aromatic carbocycles. The first-order valence-electron chi connectivity index (χ1n) is 7.62. The Morgan fingerprint density at radius 2 is 2.08 bits per heavy atom. The van der Waals surface area contributed by atoms with Gasteiger partial charge in [0, 0.05) is 17.6 Å². The Morgan fingerprint density at radius 1 is 1.32 bits per heavy atom. The Bertz CT molecular complexity index is 1040. The minimum Gasteiger partial charge on any atom is -0.316 e. The zero-order chi connectivity index (χ0) is 18.0. The van der Waals surface area contributed by atoms with Gasteiger partial charge in [-0.25, -0.2) is 0 Å². The smallest absolute Gasteiger partial charge is 0.286 e. The van der Waals surface area contributed by atoms with Crippen LogP contribution in [0.1, 0.15) is 23.7 Å². The molecular weight excluding hydrogens is 362 g/mol. The van der Waals surface area contributed by atoms with Crippen LogP contribution in [0.4, 0.5) is 5.69 Å². The molecule has 1 amide bonds. The molecule has 0 aliphatic carbocycles. The van der Waals surface area contributed by atoms with Gasteiger partial charge >= 0.3 is 0 Å². The molecule has 1 heterocycles. The van der Waals surface area contributed by atoms with Crippen LogP contribution in [0.3, 0.4) is 0 Å². The van der Waals surface area contributed by atoms with Crippen molar-refractivity contribution in [1.82, 2.24) is 4.57 Å². The fraction of sp³-hybridized carbons (Fsp3) is 0.176. The van der Waals surface area contributed by atoms with Crippen molar-refractivity contribution < 1.29 is 9.72 Å². The van der Waals surface area contributed by atoms with E-state index in [4.69, 9.17) is 11.6 Å². The van der Waals surface area contributed by atoms with E-state index in [1.165, 1.54) is 29.5 Å². The van der Waals surface area contributed by atoms with E-state index >= 15 is 0 Å². The quantitative estimate of drug-likeness (QED) is 0.500.